The Morgan fingerprint density at radius 1 is 1.28 bits per heavy atom. The largest absolute Gasteiger partial charge is 0.267 e. The summed E-state index contributed by atoms with van der Waals surface area (Å²) in [6.45, 7) is 1.36. The van der Waals surface area contributed by atoms with Crippen LogP contribution in [-0.4, -0.2) is 26.9 Å². The minimum absolute atomic E-state index is 0.0571. The van der Waals surface area contributed by atoms with E-state index in [1.807, 2.05) is 30.3 Å². The predicted octanol–water partition coefficient (Wildman–Crippen LogP) is 2.71. The van der Waals surface area contributed by atoms with Crippen LogP contribution in [0.2, 0.25) is 0 Å². The van der Waals surface area contributed by atoms with E-state index >= 15 is 0 Å². The number of hydrogen-bond donors (Lipinski definition) is 0. The maximum atomic E-state index is 13.5. The van der Waals surface area contributed by atoms with Crippen molar-refractivity contribution in [3.05, 3.63) is 35.9 Å². The first-order valence-electron chi connectivity index (χ1n) is 6.08. The molecule has 0 aromatic heterocycles. The zero-order valence-corrected chi connectivity index (χ0v) is 11.3. The van der Waals surface area contributed by atoms with Crippen LogP contribution in [0.15, 0.2) is 30.3 Å². The van der Waals surface area contributed by atoms with E-state index in [1.54, 1.807) is 6.92 Å². The van der Waals surface area contributed by atoms with Gasteiger partial charge in [-0.1, -0.05) is 37.3 Å². The molecule has 0 amide bonds. The molecular formula is C13H19FO3S. The summed E-state index contributed by atoms with van der Waals surface area (Å²) in [4.78, 5) is 0. The molecule has 0 spiro atoms. The highest BCUT2D eigenvalue weighted by Crippen LogP contribution is 2.09. The van der Waals surface area contributed by atoms with E-state index in [9.17, 15) is 12.8 Å². The van der Waals surface area contributed by atoms with Crippen molar-refractivity contribution in [1.82, 2.24) is 0 Å². The lowest BCUT2D eigenvalue weighted by molar-refractivity contribution is 0.192. The number of benzene rings is 1. The van der Waals surface area contributed by atoms with Gasteiger partial charge in [0.1, 0.15) is 6.17 Å². The van der Waals surface area contributed by atoms with Gasteiger partial charge in [0.05, 0.1) is 12.4 Å². The van der Waals surface area contributed by atoms with E-state index in [-0.39, 0.29) is 18.8 Å². The minimum Gasteiger partial charge on any atom is -0.267 e. The topological polar surface area (TPSA) is 43.4 Å². The first kappa shape index (κ1) is 15.1. The van der Waals surface area contributed by atoms with Gasteiger partial charge in [0.15, 0.2) is 0 Å². The third kappa shape index (κ3) is 6.12. The summed E-state index contributed by atoms with van der Waals surface area (Å²) in [6.07, 6.45) is 0.0746. The van der Waals surface area contributed by atoms with Gasteiger partial charge in [0, 0.05) is 0 Å². The van der Waals surface area contributed by atoms with Crippen LogP contribution in [0.25, 0.3) is 0 Å². The fourth-order valence-corrected chi connectivity index (χ4v) is 2.51. The van der Waals surface area contributed by atoms with Crippen LogP contribution in [0.4, 0.5) is 4.39 Å². The van der Waals surface area contributed by atoms with E-state index in [2.05, 4.69) is 4.18 Å². The quantitative estimate of drug-likeness (QED) is 0.685. The van der Waals surface area contributed by atoms with E-state index in [0.717, 1.165) is 5.56 Å². The molecule has 1 rings (SSSR count). The molecule has 0 unspecified atom stereocenters. The number of hydrogen-bond acceptors (Lipinski definition) is 3. The Kier molecular flexibility index (Phi) is 6.29. The van der Waals surface area contributed by atoms with Crippen molar-refractivity contribution >= 4 is 10.1 Å². The second-order valence-electron chi connectivity index (χ2n) is 4.17. The summed E-state index contributed by atoms with van der Waals surface area (Å²) < 4.78 is 40.5. The molecule has 0 bridgehead atoms. The summed E-state index contributed by atoms with van der Waals surface area (Å²) in [7, 11) is -3.55. The Balaban J connectivity index is 2.28. The van der Waals surface area contributed by atoms with Gasteiger partial charge in [-0.3, -0.25) is 4.18 Å². The average Bonchev–Trinajstić information content (AvgIpc) is 2.35. The summed E-state index contributed by atoms with van der Waals surface area (Å²) in [5.41, 5.74) is 1.04. The number of halogens is 1. The molecule has 102 valence electrons. The standard InChI is InChI=1S/C13H19FO3S/c1-2-10-18(15,16)17-11-13(14)9-8-12-6-4-3-5-7-12/h3-7,13H,2,8-11H2,1H3/t13-/m1/s1. The van der Waals surface area contributed by atoms with E-state index in [0.29, 0.717) is 12.8 Å². The predicted molar refractivity (Wildman–Crippen MR) is 69.7 cm³/mol. The maximum absolute atomic E-state index is 13.5. The highest BCUT2D eigenvalue weighted by Gasteiger charge is 2.14. The van der Waals surface area contributed by atoms with Crippen molar-refractivity contribution in [3.8, 4) is 0 Å². The first-order chi connectivity index (χ1) is 8.53. The third-order valence-corrected chi connectivity index (χ3v) is 3.88. The lowest BCUT2D eigenvalue weighted by Gasteiger charge is -2.09. The Morgan fingerprint density at radius 2 is 1.94 bits per heavy atom. The smallest absolute Gasteiger partial charge is 0.267 e. The molecule has 0 aliphatic heterocycles. The van der Waals surface area contributed by atoms with Gasteiger partial charge < -0.3 is 0 Å². The number of aryl methyl sites for hydroxylation is 1. The van der Waals surface area contributed by atoms with Gasteiger partial charge in [-0.15, -0.1) is 0 Å². The van der Waals surface area contributed by atoms with Crippen molar-refractivity contribution < 1.29 is 17.0 Å². The van der Waals surface area contributed by atoms with Crippen molar-refractivity contribution in [3.63, 3.8) is 0 Å². The van der Waals surface area contributed by atoms with Crippen LogP contribution in [-0.2, 0) is 20.7 Å². The van der Waals surface area contributed by atoms with Crippen LogP contribution in [0.3, 0.4) is 0 Å². The molecule has 1 aromatic rings. The van der Waals surface area contributed by atoms with Crippen molar-refractivity contribution in [1.29, 1.82) is 0 Å². The van der Waals surface area contributed by atoms with E-state index in [4.69, 9.17) is 0 Å². The Bertz CT molecular complexity index is 431. The summed E-state index contributed by atoms with van der Waals surface area (Å²) in [6, 6.07) is 9.52. The van der Waals surface area contributed by atoms with Crippen LogP contribution < -0.4 is 0 Å². The molecule has 3 nitrogen and oxygen atoms in total. The van der Waals surface area contributed by atoms with Gasteiger partial charge in [0.25, 0.3) is 10.1 Å². The molecule has 0 saturated heterocycles. The van der Waals surface area contributed by atoms with Gasteiger partial charge in [-0.2, -0.15) is 8.42 Å². The molecule has 1 atom stereocenters. The number of rotatable bonds is 8. The van der Waals surface area contributed by atoms with Gasteiger partial charge in [-0.25, -0.2) is 4.39 Å². The van der Waals surface area contributed by atoms with Crippen LogP contribution in [0, 0.1) is 0 Å². The SMILES string of the molecule is CCCS(=O)(=O)OC[C@H](F)CCc1ccccc1. The van der Waals surface area contributed by atoms with Crippen LogP contribution >= 0.6 is 0 Å². The normalized spacial score (nSPS) is 13.4. The molecule has 0 radical (unpaired) electrons. The lowest BCUT2D eigenvalue weighted by atomic mass is 10.1. The third-order valence-electron chi connectivity index (χ3n) is 2.47. The van der Waals surface area contributed by atoms with Crippen LogP contribution in [0.5, 0.6) is 0 Å². The lowest BCUT2D eigenvalue weighted by Crippen LogP contribution is -2.18. The Labute approximate surface area is 108 Å². The molecule has 0 N–H and O–H groups in total. The van der Waals surface area contributed by atoms with Crippen molar-refractivity contribution in [2.45, 2.75) is 32.4 Å². The molecule has 0 heterocycles. The molecule has 1 aromatic carbocycles. The Hall–Kier alpha value is -0.940. The highest BCUT2D eigenvalue weighted by atomic mass is 32.2. The van der Waals surface area contributed by atoms with Crippen LogP contribution in [0.1, 0.15) is 25.3 Å². The fourth-order valence-electron chi connectivity index (χ4n) is 1.54. The summed E-state index contributed by atoms with van der Waals surface area (Å²) in [5.74, 6) is -0.0571. The Morgan fingerprint density at radius 3 is 2.56 bits per heavy atom. The summed E-state index contributed by atoms with van der Waals surface area (Å²) >= 11 is 0. The van der Waals surface area contributed by atoms with Crippen molar-refractivity contribution in [2.24, 2.45) is 0 Å². The molecule has 5 heteroatoms. The average molecular weight is 274 g/mol. The van der Waals surface area contributed by atoms with Gasteiger partial charge in [-0.05, 0) is 24.8 Å². The minimum atomic E-state index is -3.55. The molecular weight excluding hydrogens is 255 g/mol. The van der Waals surface area contributed by atoms with Gasteiger partial charge >= 0.3 is 0 Å². The maximum Gasteiger partial charge on any atom is 0.267 e. The van der Waals surface area contributed by atoms with Gasteiger partial charge in [0.2, 0.25) is 0 Å². The second kappa shape index (κ2) is 7.48. The zero-order chi connectivity index (χ0) is 13.4. The molecule has 0 aliphatic rings. The summed E-state index contributed by atoms with van der Waals surface area (Å²) in [5, 5.41) is 0. The molecule has 0 saturated carbocycles. The first-order valence-corrected chi connectivity index (χ1v) is 7.66. The molecule has 0 aliphatic carbocycles. The highest BCUT2D eigenvalue weighted by molar-refractivity contribution is 7.86. The van der Waals surface area contributed by atoms with E-state index < -0.39 is 16.3 Å². The molecule has 18 heavy (non-hydrogen) atoms. The second-order valence-corrected chi connectivity index (χ2v) is 5.93. The van der Waals surface area contributed by atoms with E-state index in [1.165, 1.54) is 0 Å². The molecule has 0 fully saturated rings. The number of alkyl halides is 1. The zero-order valence-electron chi connectivity index (χ0n) is 10.5. The monoisotopic (exact) mass is 274 g/mol. The fraction of sp³-hybridized carbons (Fsp3) is 0.538. The van der Waals surface area contributed by atoms with Crippen molar-refractivity contribution in [2.75, 3.05) is 12.4 Å².